The molecule has 0 spiro atoms. The zero-order chi connectivity index (χ0) is 21.3. The molecule has 0 atom stereocenters. The molecule has 1 N–H and O–H groups in total. The molecule has 0 aliphatic heterocycles. The van der Waals surface area contributed by atoms with Crippen molar-refractivity contribution in [1.82, 2.24) is 15.4 Å². The van der Waals surface area contributed by atoms with Crippen LogP contribution in [0.4, 0.5) is 0 Å². The second-order valence-electron chi connectivity index (χ2n) is 7.14. The molecule has 0 radical (unpaired) electrons. The molecule has 1 heterocycles. The Bertz CT molecular complexity index is 1010. The lowest BCUT2D eigenvalue weighted by atomic mass is 10.1. The maximum atomic E-state index is 12.4. The van der Waals surface area contributed by atoms with Crippen molar-refractivity contribution >= 4 is 12.1 Å². The predicted octanol–water partition coefficient (Wildman–Crippen LogP) is 4.70. The van der Waals surface area contributed by atoms with Gasteiger partial charge in [0.2, 0.25) is 0 Å². The third kappa shape index (κ3) is 5.98. The van der Waals surface area contributed by atoms with Crippen LogP contribution in [0.3, 0.4) is 0 Å². The summed E-state index contributed by atoms with van der Waals surface area (Å²) in [7, 11) is 0. The number of hydrogen-bond donors (Lipinski definition) is 1. The van der Waals surface area contributed by atoms with Crippen LogP contribution in [0.2, 0.25) is 0 Å². The molecular formula is C24H26N4O2. The maximum Gasteiger partial charge on any atom is 0.291 e. The lowest BCUT2D eigenvalue weighted by Crippen LogP contribution is -2.19. The Labute approximate surface area is 177 Å². The van der Waals surface area contributed by atoms with E-state index in [0.717, 1.165) is 40.8 Å². The number of unbranched alkanes of at least 4 members (excludes halogenated alkanes) is 1. The number of aryl methyl sites for hydroxylation is 2. The molecule has 0 fully saturated rings. The molecule has 0 unspecified atom stereocenters. The third-order valence-corrected chi connectivity index (χ3v) is 4.41. The first-order chi connectivity index (χ1) is 14.5. The molecule has 6 nitrogen and oxygen atoms in total. The smallest absolute Gasteiger partial charge is 0.291 e. The van der Waals surface area contributed by atoms with Crippen LogP contribution < -0.4 is 10.2 Å². The van der Waals surface area contributed by atoms with E-state index < -0.39 is 5.91 Å². The first-order valence-electron chi connectivity index (χ1n) is 10.0. The molecule has 0 saturated carbocycles. The van der Waals surface area contributed by atoms with E-state index in [2.05, 4.69) is 33.5 Å². The second-order valence-corrected chi connectivity index (χ2v) is 7.14. The first-order valence-corrected chi connectivity index (χ1v) is 10.0. The highest BCUT2D eigenvalue weighted by molar-refractivity contribution is 5.93. The van der Waals surface area contributed by atoms with E-state index in [1.54, 1.807) is 12.4 Å². The van der Waals surface area contributed by atoms with Crippen molar-refractivity contribution < 1.29 is 9.53 Å². The summed E-state index contributed by atoms with van der Waals surface area (Å²) in [5.41, 5.74) is 7.39. The highest BCUT2D eigenvalue weighted by atomic mass is 16.5. The molecular weight excluding hydrogens is 376 g/mol. The van der Waals surface area contributed by atoms with Gasteiger partial charge in [0, 0.05) is 5.56 Å². The van der Waals surface area contributed by atoms with Crippen LogP contribution >= 0.6 is 0 Å². The Balaban J connectivity index is 1.65. The number of ether oxygens (including phenoxy) is 1. The Kier molecular flexibility index (Phi) is 7.27. The van der Waals surface area contributed by atoms with Crippen LogP contribution in [0, 0.1) is 13.8 Å². The average Bonchev–Trinajstić information content (AvgIpc) is 2.74. The summed E-state index contributed by atoms with van der Waals surface area (Å²) in [6.07, 6.45) is 6.79. The zero-order valence-corrected chi connectivity index (χ0v) is 17.6. The van der Waals surface area contributed by atoms with Gasteiger partial charge < -0.3 is 4.74 Å². The van der Waals surface area contributed by atoms with Gasteiger partial charge in [-0.15, -0.1) is 0 Å². The van der Waals surface area contributed by atoms with Crippen molar-refractivity contribution in [1.29, 1.82) is 0 Å². The van der Waals surface area contributed by atoms with Gasteiger partial charge in [-0.05, 0) is 50.1 Å². The van der Waals surface area contributed by atoms with Gasteiger partial charge in [0.1, 0.15) is 11.4 Å². The van der Waals surface area contributed by atoms with Crippen molar-refractivity contribution in [2.24, 2.45) is 5.10 Å². The van der Waals surface area contributed by atoms with Crippen LogP contribution in [0.5, 0.6) is 5.75 Å². The molecule has 0 aliphatic rings. The van der Waals surface area contributed by atoms with Crippen molar-refractivity contribution in [2.45, 2.75) is 33.6 Å². The number of hydrogen-bond acceptors (Lipinski definition) is 5. The fourth-order valence-electron chi connectivity index (χ4n) is 2.98. The Morgan fingerprint density at radius 1 is 1.10 bits per heavy atom. The summed E-state index contributed by atoms with van der Waals surface area (Å²) in [4.78, 5) is 21.0. The van der Waals surface area contributed by atoms with E-state index in [0.29, 0.717) is 12.3 Å². The van der Waals surface area contributed by atoms with E-state index in [1.807, 2.05) is 50.2 Å². The SMILES string of the molecule is CCCCOc1ccc(-c2cncc(C(=O)NN=Cc3cc(C)cc(C)c3)n2)cc1. The number of nitrogens with one attached hydrogen (secondary N) is 1. The number of aromatic nitrogens is 2. The van der Waals surface area contributed by atoms with Crippen molar-refractivity contribution in [3.05, 3.63) is 77.2 Å². The Hall–Kier alpha value is -3.54. The van der Waals surface area contributed by atoms with Gasteiger partial charge in [0.15, 0.2) is 0 Å². The molecule has 2 aromatic carbocycles. The standard InChI is InChI=1S/C24H26N4O2/c1-4-5-10-30-21-8-6-20(7-9-21)22-15-25-16-23(27-22)24(29)28-26-14-19-12-17(2)11-18(3)13-19/h6-9,11-16H,4-5,10H2,1-3H3,(H,28,29). The van der Waals surface area contributed by atoms with E-state index in [9.17, 15) is 4.79 Å². The second kappa shape index (κ2) is 10.3. The zero-order valence-electron chi connectivity index (χ0n) is 17.6. The highest BCUT2D eigenvalue weighted by Gasteiger charge is 2.09. The molecule has 0 bridgehead atoms. The molecule has 30 heavy (non-hydrogen) atoms. The molecule has 3 aromatic rings. The van der Waals surface area contributed by atoms with Crippen LogP contribution in [0.15, 0.2) is 60.0 Å². The van der Waals surface area contributed by atoms with Gasteiger partial charge in [0.25, 0.3) is 5.91 Å². The fraction of sp³-hybridized carbons (Fsp3) is 0.250. The lowest BCUT2D eigenvalue weighted by Gasteiger charge is -2.07. The summed E-state index contributed by atoms with van der Waals surface area (Å²) in [5.74, 6) is 0.402. The monoisotopic (exact) mass is 402 g/mol. The minimum atomic E-state index is -0.413. The number of nitrogens with zero attached hydrogens (tertiary/aromatic N) is 3. The van der Waals surface area contributed by atoms with Crippen molar-refractivity contribution in [3.8, 4) is 17.0 Å². The van der Waals surface area contributed by atoms with Crippen LogP contribution in [0.25, 0.3) is 11.3 Å². The minimum absolute atomic E-state index is 0.202. The summed E-state index contributed by atoms with van der Waals surface area (Å²) in [6, 6.07) is 13.7. The van der Waals surface area contributed by atoms with Gasteiger partial charge in [-0.1, -0.05) is 42.7 Å². The van der Waals surface area contributed by atoms with E-state index in [-0.39, 0.29) is 5.69 Å². The Morgan fingerprint density at radius 3 is 2.53 bits per heavy atom. The van der Waals surface area contributed by atoms with E-state index >= 15 is 0 Å². The van der Waals surface area contributed by atoms with Gasteiger partial charge in [-0.3, -0.25) is 9.78 Å². The number of carbonyl (C=O) groups is 1. The van der Waals surface area contributed by atoms with Crippen molar-refractivity contribution in [2.75, 3.05) is 6.61 Å². The molecule has 0 saturated heterocycles. The lowest BCUT2D eigenvalue weighted by molar-refractivity contribution is 0.0950. The van der Waals surface area contributed by atoms with Crippen LogP contribution in [-0.2, 0) is 0 Å². The summed E-state index contributed by atoms with van der Waals surface area (Å²) in [6.45, 7) is 6.87. The van der Waals surface area contributed by atoms with Crippen LogP contribution in [-0.4, -0.2) is 28.7 Å². The number of benzene rings is 2. The average molecular weight is 402 g/mol. The number of carbonyl (C=O) groups excluding carboxylic acids is 1. The molecule has 3 rings (SSSR count). The number of amides is 1. The first kappa shape index (κ1) is 21.2. The largest absolute Gasteiger partial charge is 0.494 e. The number of hydrazone groups is 1. The van der Waals surface area contributed by atoms with Gasteiger partial charge in [0.05, 0.1) is 30.9 Å². The normalized spacial score (nSPS) is 10.9. The maximum absolute atomic E-state index is 12.4. The minimum Gasteiger partial charge on any atom is -0.494 e. The molecule has 0 aliphatic carbocycles. The number of rotatable bonds is 8. The Morgan fingerprint density at radius 2 is 1.83 bits per heavy atom. The summed E-state index contributed by atoms with van der Waals surface area (Å²) < 4.78 is 5.68. The molecule has 6 heteroatoms. The van der Waals surface area contributed by atoms with Gasteiger partial charge in [-0.2, -0.15) is 5.10 Å². The highest BCUT2D eigenvalue weighted by Crippen LogP contribution is 2.20. The topological polar surface area (TPSA) is 76.5 Å². The predicted molar refractivity (Wildman–Crippen MR) is 119 cm³/mol. The quantitative estimate of drug-likeness (QED) is 0.336. The van der Waals surface area contributed by atoms with E-state index in [4.69, 9.17) is 4.74 Å². The molecule has 1 amide bonds. The van der Waals surface area contributed by atoms with Gasteiger partial charge >= 0.3 is 0 Å². The van der Waals surface area contributed by atoms with Crippen LogP contribution in [0.1, 0.15) is 46.9 Å². The van der Waals surface area contributed by atoms with Gasteiger partial charge in [-0.25, -0.2) is 10.4 Å². The summed E-state index contributed by atoms with van der Waals surface area (Å²) >= 11 is 0. The molecule has 1 aromatic heterocycles. The van der Waals surface area contributed by atoms with Crippen molar-refractivity contribution in [3.63, 3.8) is 0 Å². The fourth-order valence-corrected chi connectivity index (χ4v) is 2.98. The summed E-state index contributed by atoms with van der Waals surface area (Å²) in [5, 5.41) is 4.04. The molecule has 154 valence electrons. The third-order valence-electron chi connectivity index (χ3n) is 4.41. The van der Waals surface area contributed by atoms with E-state index in [1.165, 1.54) is 6.20 Å².